The van der Waals surface area contributed by atoms with Crippen LogP contribution in [-0.2, 0) is 0 Å². The Kier molecular flexibility index (Phi) is 5.62. The van der Waals surface area contributed by atoms with Crippen molar-refractivity contribution in [3.05, 3.63) is 158 Å². The van der Waals surface area contributed by atoms with Gasteiger partial charge in [0.1, 0.15) is 0 Å². The summed E-state index contributed by atoms with van der Waals surface area (Å²) in [5, 5.41) is 10.2. The third kappa shape index (κ3) is 3.83. The molecule has 0 bridgehead atoms. The maximum atomic E-state index is 5.24. The zero-order chi connectivity index (χ0) is 33.9. The van der Waals surface area contributed by atoms with Crippen molar-refractivity contribution in [3.8, 4) is 51.0 Å². The molecule has 240 valence electrons. The predicted octanol–water partition coefficient (Wildman–Crippen LogP) is 12.6. The standard InChI is InChI=1S/C47H26N4S/c1-3-11-28(12-4-1)45-48-46(29-13-5-2-6-14-29)50-47(49-45)34-25-30-15-7-8-16-31(30)26-37(34)51-35-19-9-17-32-33-18-10-20-38-42(33)44-39(52-38)24-22-27-21-23-36(51)43(40(27)44)41(32)35/h1-26H. The lowest BCUT2D eigenvalue weighted by molar-refractivity contribution is 1.07. The van der Waals surface area contributed by atoms with E-state index in [-0.39, 0.29) is 0 Å². The van der Waals surface area contributed by atoms with E-state index in [9.17, 15) is 0 Å². The molecular formula is C47H26N4S. The summed E-state index contributed by atoms with van der Waals surface area (Å²) < 4.78 is 5.12. The second-order valence-corrected chi connectivity index (χ2v) is 14.7. The van der Waals surface area contributed by atoms with Gasteiger partial charge in [0.25, 0.3) is 0 Å². The van der Waals surface area contributed by atoms with Crippen LogP contribution in [0, 0.1) is 0 Å². The topological polar surface area (TPSA) is 43.6 Å². The molecule has 0 unspecified atom stereocenters. The maximum absolute atomic E-state index is 5.24. The van der Waals surface area contributed by atoms with Gasteiger partial charge in [-0.05, 0) is 63.7 Å². The molecular weight excluding hydrogens is 653 g/mol. The van der Waals surface area contributed by atoms with Crippen LogP contribution in [0.1, 0.15) is 0 Å². The number of thiophene rings is 1. The Hall–Kier alpha value is -6.69. The van der Waals surface area contributed by atoms with Crippen molar-refractivity contribution in [2.24, 2.45) is 0 Å². The molecule has 5 heteroatoms. The molecule has 0 spiro atoms. The predicted molar refractivity (Wildman–Crippen MR) is 217 cm³/mol. The summed E-state index contributed by atoms with van der Waals surface area (Å²) in [5.41, 5.74) is 8.80. The van der Waals surface area contributed by atoms with Crippen molar-refractivity contribution in [3.63, 3.8) is 0 Å². The van der Waals surface area contributed by atoms with E-state index >= 15 is 0 Å². The van der Waals surface area contributed by atoms with Crippen molar-refractivity contribution in [2.45, 2.75) is 0 Å². The monoisotopic (exact) mass is 678 g/mol. The Bertz CT molecular complexity index is 3230. The Morgan fingerprint density at radius 3 is 1.71 bits per heavy atom. The molecule has 0 saturated carbocycles. The summed E-state index contributed by atoms with van der Waals surface area (Å²) in [6.07, 6.45) is 0. The largest absolute Gasteiger partial charge is 0.308 e. The van der Waals surface area contributed by atoms with E-state index in [0.29, 0.717) is 17.5 Å². The molecule has 0 saturated heterocycles. The first-order valence-electron chi connectivity index (χ1n) is 17.5. The molecule has 11 aromatic rings. The minimum Gasteiger partial charge on any atom is -0.308 e. The van der Waals surface area contributed by atoms with Gasteiger partial charge in [-0.3, -0.25) is 0 Å². The molecule has 1 aliphatic carbocycles. The van der Waals surface area contributed by atoms with Gasteiger partial charge in [-0.2, -0.15) is 0 Å². The van der Waals surface area contributed by atoms with Crippen molar-refractivity contribution < 1.29 is 0 Å². The molecule has 3 heterocycles. The maximum Gasteiger partial charge on any atom is 0.166 e. The highest BCUT2D eigenvalue weighted by molar-refractivity contribution is 7.26. The van der Waals surface area contributed by atoms with Gasteiger partial charge >= 0.3 is 0 Å². The van der Waals surface area contributed by atoms with Crippen LogP contribution in [0.3, 0.4) is 0 Å². The lowest BCUT2D eigenvalue weighted by atomic mass is 9.98. The smallest absolute Gasteiger partial charge is 0.166 e. The highest BCUT2D eigenvalue weighted by Gasteiger charge is 2.27. The van der Waals surface area contributed by atoms with Crippen LogP contribution in [0.2, 0.25) is 0 Å². The fourth-order valence-corrected chi connectivity index (χ4v) is 9.64. The fourth-order valence-electron chi connectivity index (χ4n) is 8.50. The van der Waals surface area contributed by atoms with Crippen molar-refractivity contribution >= 4 is 74.9 Å². The van der Waals surface area contributed by atoms with Crippen molar-refractivity contribution in [1.29, 1.82) is 0 Å². The summed E-state index contributed by atoms with van der Waals surface area (Å²) >= 11 is 1.89. The van der Waals surface area contributed by atoms with Crippen LogP contribution in [0.15, 0.2) is 158 Å². The van der Waals surface area contributed by atoms with Gasteiger partial charge in [0.05, 0.1) is 16.7 Å². The molecule has 0 aliphatic heterocycles. The number of nitrogens with zero attached hydrogens (tertiary/aromatic N) is 4. The summed E-state index contributed by atoms with van der Waals surface area (Å²) in [4.78, 5) is 15.5. The zero-order valence-corrected chi connectivity index (χ0v) is 28.5. The van der Waals surface area contributed by atoms with Crippen LogP contribution in [0.5, 0.6) is 0 Å². The van der Waals surface area contributed by atoms with E-state index in [1.807, 2.05) is 47.7 Å². The van der Waals surface area contributed by atoms with Crippen LogP contribution >= 0.6 is 11.3 Å². The number of rotatable bonds is 4. The molecule has 0 N–H and O–H groups in total. The van der Waals surface area contributed by atoms with E-state index in [0.717, 1.165) is 33.2 Å². The van der Waals surface area contributed by atoms with Gasteiger partial charge in [-0.25, -0.2) is 15.0 Å². The Balaban J connectivity index is 1.24. The summed E-state index contributed by atoms with van der Waals surface area (Å²) in [5.74, 6) is 1.93. The molecule has 1 aliphatic rings. The summed E-state index contributed by atoms with van der Waals surface area (Å²) in [7, 11) is 0. The van der Waals surface area contributed by atoms with Gasteiger partial charge in [0, 0.05) is 53.0 Å². The first-order valence-corrected chi connectivity index (χ1v) is 18.4. The Morgan fingerprint density at radius 2 is 0.962 bits per heavy atom. The van der Waals surface area contributed by atoms with Crippen molar-refractivity contribution in [2.75, 3.05) is 0 Å². The average Bonchev–Trinajstić information content (AvgIpc) is 3.73. The molecule has 8 aromatic carbocycles. The first kappa shape index (κ1) is 28.1. The second-order valence-electron chi connectivity index (χ2n) is 13.6. The number of aromatic nitrogens is 4. The lowest BCUT2D eigenvalue weighted by Gasteiger charge is -2.17. The van der Waals surface area contributed by atoms with E-state index in [4.69, 9.17) is 15.0 Å². The van der Waals surface area contributed by atoms with Crippen LogP contribution in [0.25, 0.3) is 115 Å². The number of hydrogen-bond donors (Lipinski definition) is 0. The SMILES string of the molecule is c1ccc(-c2nc(-c3ccccc3)nc(-c3cc4ccccc4cc3-n3c4cccc5c4c4c6c(ccc7sc8cccc-5c8c76)ccc43)n2)cc1. The number of hydrogen-bond acceptors (Lipinski definition) is 4. The molecule has 0 fully saturated rings. The third-order valence-corrected chi connectivity index (χ3v) is 11.9. The molecule has 52 heavy (non-hydrogen) atoms. The van der Waals surface area contributed by atoms with Gasteiger partial charge in [-0.1, -0.05) is 121 Å². The Labute approximate surface area is 301 Å². The second kappa shape index (κ2) is 10.4. The van der Waals surface area contributed by atoms with Gasteiger partial charge < -0.3 is 4.57 Å². The van der Waals surface area contributed by atoms with Crippen LogP contribution in [0.4, 0.5) is 0 Å². The van der Waals surface area contributed by atoms with Crippen molar-refractivity contribution in [1.82, 2.24) is 19.5 Å². The van der Waals surface area contributed by atoms with Crippen LogP contribution in [-0.4, -0.2) is 19.5 Å². The molecule has 0 amide bonds. The number of benzene rings is 8. The van der Waals surface area contributed by atoms with Gasteiger partial charge in [-0.15, -0.1) is 11.3 Å². The lowest BCUT2D eigenvalue weighted by Crippen LogP contribution is -2.04. The minimum atomic E-state index is 0.639. The summed E-state index contributed by atoms with van der Waals surface area (Å²) in [6, 6.07) is 56.4. The normalized spacial score (nSPS) is 12.2. The minimum absolute atomic E-state index is 0.639. The molecule has 3 aromatic heterocycles. The molecule has 0 atom stereocenters. The van der Waals surface area contributed by atoms with Gasteiger partial charge in [0.15, 0.2) is 17.5 Å². The Morgan fingerprint density at radius 1 is 0.365 bits per heavy atom. The molecule has 0 radical (unpaired) electrons. The quantitative estimate of drug-likeness (QED) is 0.186. The van der Waals surface area contributed by atoms with E-state index in [2.05, 4.69) is 126 Å². The molecule has 12 rings (SSSR count). The zero-order valence-electron chi connectivity index (χ0n) is 27.7. The van der Waals surface area contributed by atoms with E-state index in [1.165, 1.54) is 63.9 Å². The number of fused-ring (bicyclic) bond motifs is 2. The van der Waals surface area contributed by atoms with E-state index in [1.54, 1.807) is 0 Å². The highest BCUT2D eigenvalue weighted by Crippen LogP contribution is 2.52. The van der Waals surface area contributed by atoms with Crippen LogP contribution < -0.4 is 0 Å². The first-order chi connectivity index (χ1) is 25.8. The molecule has 4 nitrogen and oxygen atoms in total. The highest BCUT2D eigenvalue weighted by atomic mass is 32.1. The summed E-state index contributed by atoms with van der Waals surface area (Å²) in [6.45, 7) is 0. The van der Waals surface area contributed by atoms with E-state index < -0.39 is 0 Å². The average molecular weight is 679 g/mol. The third-order valence-electron chi connectivity index (χ3n) is 10.7. The van der Waals surface area contributed by atoms with Gasteiger partial charge in [0.2, 0.25) is 0 Å². The fraction of sp³-hybridized carbons (Fsp3) is 0.